The monoisotopic (exact) mass is 247 g/mol. The number of carbonyl (C=O) groups excluding carboxylic acids is 1. The Morgan fingerprint density at radius 2 is 2.33 bits per heavy atom. The van der Waals surface area contributed by atoms with Crippen molar-refractivity contribution in [1.82, 2.24) is 20.1 Å². The summed E-state index contributed by atoms with van der Waals surface area (Å²) in [4.78, 5) is 15.3. The molecule has 96 valence electrons. The molecule has 0 bridgehead atoms. The Hall–Kier alpha value is -1.95. The average molecular weight is 247 g/mol. The Bertz CT molecular complexity index is 589. The van der Waals surface area contributed by atoms with Gasteiger partial charge in [-0.15, -0.1) is 0 Å². The van der Waals surface area contributed by atoms with Crippen molar-refractivity contribution < 1.29 is 4.79 Å². The van der Waals surface area contributed by atoms with E-state index in [1.165, 1.54) is 0 Å². The van der Waals surface area contributed by atoms with Gasteiger partial charge in [-0.05, 0) is 25.5 Å². The topological polar surface area (TPSA) is 85.8 Å². The third-order valence-corrected chi connectivity index (χ3v) is 2.96. The zero-order chi connectivity index (χ0) is 13.3. The smallest absolute Gasteiger partial charge is 0.234 e. The van der Waals surface area contributed by atoms with Crippen LogP contribution in [0.4, 0.5) is 0 Å². The molecule has 0 aliphatic rings. The second-order valence-electron chi connectivity index (χ2n) is 4.43. The van der Waals surface area contributed by atoms with Gasteiger partial charge in [-0.25, -0.2) is 4.98 Å². The molecule has 18 heavy (non-hydrogen) atoms. The number of hydrogen-bond acceptors (Lipinski definition) is 4. The zero-order valence-corrected chi connectivity index (χ0v) is 10.8. The first-order valence-corrected chi connectivity index (χ1v) is 5.80. The van der Waals surface area contributed by atoms with Crippen LogP contribution in [0.1, 0.15) is 18.2 Å². The van der Waals surface area contributed by atoms with E-state index in [0.29, 0.717) is 6.54 Å². The molecule has 2 aromatic rings. The van der Waals surface area contributed by atoms with E-state index in [2.05, 4.69) is 15.4 Å². The first-order valence-electron chi connectivity index (χ1n) is 5.80. The highest BCUT2D eigenvalue weighted by atomic mass is 16.1. The summed E-state index contributed by atoms with van der Waals surface area (Å²) in [6, 6.07) is 1.68. The van der Waals surface area contributed by atoms with Crippen LogP contribution in [-0.2, 0) is 18.4 Å². The lowest BCUT2D eigenvalue weighted by molar-refractivity contribution is -0.119. The fourth-order valence-electron chi connectivity index (χ4n) is 1.82. The summed E-state index contributed by atoms with van der Waals surface area (Å²) >= 11 is 0. The van der Waals surface area contributed by atoms with Crippen LogP contribution in [0.5, 0.6) is 0 Å². The van der Waals surface area contributed by atoms with Crippen molar-refractivity contribution in [3.63, 3.8) is 0 Å². The van der Waals surface area contributed by atoms with E-state index in [4.69, 9.17) is 5.73 Å². The highest BCUT2D eigenvalue weighted by molar-refractivity contribution is 5.79. The van der Waals surface area contributed by atoms with Gasteiger partial charge in [-0.1, -0.05) is 0 Å². The van der Waals surface area contributed by atoms with Gasteiger partial charge >= 0.3 is 0 Å². The van der Waals surface area contributed by atoms with Gasteiger partial charge in [0.2, 0.25) is 5.91 Å². The number of nitrogens with zero attached hydrogens (tertiary/aromatic N) is 3. The number of primary amides is 1. The molecule has 0 fully saturated rings. The van der Waals surface area contributed by atoms with Gasteiger partial charge < -0.3 is 11.1 Å². The molecule has 3 N–H and O–H groups in total. The Morgan fingerprint density at radius 3 is 3.00 bits per heavy atom. The molecule has 0 spiro atoms. The summed E-state index contributed by atoms with van der Waals surface area (Å²) in [6.07, 6.45) is 1.78. The predicted octanol–water partition coefficient (Wildman–Crippen LogP) is 0.240. The standard InChI is InChI=1S/C12H17N5O/c1-7-10-4-9(5-14-8(2)11(13)18)6-15-12(10)17(3)16-7/h4,6,8,14H,5H2,1-3H3,(H2,13,18). The molecule has 2 heterocycles. The highest BCUT2D eigenvalue weighted by Crippen LogP contribution is 2.16. The Morgan fingerprint density at radius 1 is 1.61 bits per heavy atom. The van der Waals surface area contributed by atoms with Crippen molar-refractivity contribution >= 4 is 16.9 Å². The lowest BCUT2D eigenvalue weighted by atomic mass is 10.2. The maximum Gasteiger partial charge on any atom is 0.234 e. The Labute approximate surface area is 105 Å². The van der Waals surface area contributed by atoms with Crippen molar-refractivity contribution in [1.29, 1.82) is 0 Å². The molecule has 0 saturated heterocycles. The minimum absolute atomic E-state index is 0.351. The number of nitrogens with two attached hydrogens (primary N) is 1. The fourth-order valence-corrected chi connectivity index (χ4v) is 1.82. The second kappa shape index (κ2) is 4.73. The van der Waals surface area contributed by atoms with E-state index in [0.717, 1.165) is 22.3 Å². The summed E-state index contributed by atoms with van der Waals surface area (Å²) < 4.78 is 1.76. The quantitative estimate of drug-likeness (QED) is 0.810. The molecule has 0 aromatic carbocycles. The molecular formula is C12H17N5O. The number of nitrogens with one attached hydrogen (secondary N) is 1. The average Bonchev–Trinajstić information content (AvgIpc) is 2.61. The molecule has 2 aromatic heterocycles. The number of aryl methyl sites for hydroxylation is 2. The number of aromatic nitrogens is 3. The van der Waals surface area contributed by atoms with E-state index in [1.54, 1.807) is 17.8 Å². The summed E-state index contributed by atoms with van der Waals surface area (Å²) in [7, 11) is 1.87. The summed E-state index contributed by atoms with van der Waals surface area (Å²) in [5.41, 5.74) is 8.00. The zero-order valence-electron chi connectivity index (χ0n) is 10.8. The van der Waals surface area contributed by atoms with Gasteiger partial charge in [-0.2, -0.15) is 5.10 Å². The lowest BCUT2D eigenvalue weighted by Gasteiger charge is -2.09. The lowest BCUT2D eigenvalue weighted by Crippen LogP contribution is -2.38. The van der Waals surface area contributed by atoms with Crippen molar-refractivity contribution in [2.75, 3.05) is 0 Å². The van der Waals surface area contributed by atoms with Crippen LogP contribution in [0.15, 0.2) is 12.3 Å². The third kappa shape index (κ3) is 2.33. The Kier molecular flexibility index (Phi) is 3.29. The van der Waals surface area contributed by atoms with E-state index in [9.17, 15) is 4.79 Å². The van der Waals surface area contributed by atoms with E-state index < -0.39 is 0 Å². The number of hydrogen-bond donors (Lipinski definition) is 2. The molecule has 6 nitrogen and oxygen atoms in total. The molecule has 2 rings (SSSR count). The minimum atomic E-state index is -0.360. The number of amides is 1. The van der Waals surface area contributed by atoms with Gasteiger partial charge in [0.05, 0.1) is 11.7 Å². The normalized spacial score (nSPS) is 12.8. The van der Waals surface area contributed by atoms with E-state index in [1.807, 2.05) is 20.0 Å². The molecule has 0 radical (unpaired) electrons. The van der Waals surface area contributed by atoms with E-state index >= 15 is 0 Å². The maximum atomic E-state index is 10.9. The van der Waals surface area contributed by atoms with Crippen molar-refractivity contribution in [2.45, 2.75) is 26.4 Å². The number of fused-ring (bicyclic) bond motifs is 1. The number of pyridine rings is 1. The van der Waals surface area contributed by atoms with Crippen molar-refractivity contribution in [2.24, 2.45) is 12.8 Å². The fraction of sp³-hybridized carbons (Fsp3) is 0.417. The molecule has 0 aliphatic heterocycles. The predicted molar refractivity (Wildman–Crippen MR) is 68.7 cm³/mol. The van der Waals surface area contributed by atoms with Crippen LogP contribution < -0.4 is 11.1 Å². The summed E-state index contributed by atoms with van der Waals surface area (Å²) in [5, 5.41) is 8.39. The van der Waals surface area contributed by atoms with Gasteiger partial charge in [0, 0.05) is 25.2 Å². The molecule has 0 aliphatic carbocycles. The van der Waals surface area contributed by atoms with Gasteiger partial charge in [0.25, 0.3) is 0 Å². The second-order valence-corrected chi connectivity index (χ2v) is 4.43. The van der Waals surface area contributed by atoms with E-state index in [-0.39, 0.29) is 11.9 Å². The van der Waals surface area contributed by atoms with Gasteiger partial charge in [-0.3, -0.25) is 9.48 Å². The first-order chi connectivity index (χ1) is 8.49. The number of rotatable bonds is 4. The molecule has 1 unspecified atom stereocenters. The minimum Gasteiger partial charge on any atom is -0.368 e. The van der Waals surface area contributed by atoms with Crippen LogP contribution in [0, 0.1) is 6.92 Å². The van der Waals surface area contributed by atoms with Crippen LogP contribution in [0.3, 0.4) is 0 Å². The summed E-state index contributed by atoms with van der Waals surface area (Å²) in [6.45, 7) is 4.25. The van der Waals surface area contributed by atoms with Crippen molar-refractivity contribution in [3.05, 3.63) is 23.5 Å². The molecule has 6 heteroatoms. The van der Waals surface area contributed by atoms with Crippen LogP contribution >= 0.6 is 0 Å². The van der Waals surface area contributed by atoms with Crippen LogP contribution in [-0.4, -0.2) is 26.7 Å². The number of carbonyl (C=O) groups is 1. The molecule has 0 saturated carbocycles. The largest absolute Gasteiger partial charge is 0.368 e. The molecule has 1 amide bonds. The third-order valence-electron chi connectivity index (χ3n) is 2.96. The van der Waals surface area contributed by atoms with Gasteiger partial charge in [0.1, 0.15) is 0 Å². The van der Waals surface area contributed by atoms with Crippen LogP contribution in [0.2, 0.25) is 0 Å². The first kappa shape index (κ1) is 12.5. The Balaban J connectivity index is 2.20. The van der Waals surface area contributed by atoms with Gasteiger partial charge in [0.15, 0.2) is 5.65 Å². The maximum absolute atomic E-state index is 10.9. The van der Waals surface area contributed by atoms with Crippen molar-refractivity contribution in [3.8, 4) is 0 Å². The highest BCUT2D eigenvalue weighted by Gasteiger charge is 2.09. The molecular weight excluding hydrogens is 230 g/mol. The summed E-state index contributed by atoms with van der Waals surface area (Å²) in [5.74, 6) is -0.360. The van der Waals surface area contributed by atoms with Crippen LogP contribution in [0.25, 0.3) is 11.0 Å². The molecule has 1 atom stereocenters. The SMILES string of the molecule is Cc1nn(C)c2ncc(CNC(C)C(N)=O)cc12.